The molecule has 2 aromatic rings. The Labute approximate surface area is 160 Å². The summed E-state index contributed by atoms with van der Waals surface area (Å²) in [5.74, 6) is 0.783. The molecule has 27 heavy (non-hydrogen) atoms. The van der Waals surface area contributed by atoms with Crippen molar-refractivity contribution in [1.29, 1.82) is 0 Å². The highest BCUT2D eigenvalue weighted by Crippen LogP contribution is 2.39. The van der Waals surface area contributed by atoms with Gasteiger partial charge in [-0.05, 0) is 44.2 Å². The molecule has 1 atom stereocenters. The molecule has 4 rings (SSSR count). The molecule has 1 saturated heterocycles. The summed E-state index contributed by atoms with van der Waals surface area (Å²) in [4.78, 5) is 10.1. The first-order valence-corrected chi connectivity index (χ1v) is 8.77. The van der Waals surface area contributed by atoms with Crippen LogP contribution >= 0.6 is 12.4 Å². The van der Waals surface area contributed by atoms with E-state index in [1.54, 1.807) is 4.90 Å². The standard InChI is InChI=1S/C17H20F3N5O.ClH/c18-17(19,20)12-5-1-8-22-13(12)25-9-2-4-11(10-25)14-23-15(24-26-14)16(21)6-3-7-16;/h1,5,8,11H,2-4,6-7,9-10,21H2;1H. The summed E-state index contributed by atoms with van der Waals surface area (Å²) < 4.78 is 45.2. The van der Waals surface area contributed by atoms with Gasteiger partial charge in [0.2, 0.25) is 5.89 Å². The Bertz CT molecular complexity index is 793. The monoisotopic (exact) mass is 403 g/mol. The van der Waals surface area contributed by atoms with Crippen LogP contribution in [0.25, 0.3) is 0 Å². The first-order valence-electron chi connectivity index (χ1n) is 8.77. The van der Waals surface area contributed by atoms with Crippen LogP contribution in [0.3, 0.4) is 0 Å². The molecule has 6 nitrogen and oxygen atoms in total. The number of hydrogen-bond acceptors (Lipinski definition) is 6. The Morgan fingerprint density at radius 1 is 1.26 bits per heavy atom. The van der Waals surface area contributed by atoms with E-state index in [1.807, 2.05) is 0 Å². The first kappa shape index (κ1) is 19.9. The highest BCUT2D eigenvalue weighted by molar-refractivity contribution is 5.85. The molecule has 0 spiro atoms. The fourth-order valence-corrected chi connectivity index (χ4v) is 3.63. The predicted molar refractivity (Wildman–Crippen MR) is 94.7 cm³/mol. The van der Waals surface area contributed by atoms with E-state index in [9.17, 15) is 13.2 Å². The molecule has 2 N–H and O–H groups in total. The zero-order chi connectivity index (χ0) is 18.4. The lowest BCUT2D eigenvalue weighted by Gasteiger charge is -2.34. The molecule has 3 heterocycles. The number of piperidine rings is 1. The molecule has 0 radical (unpaired) electrons. The summed E-state index contributed by atoms with van der Waals surface area (Å²) in [5, 5.41) is 4.01. The lowest BCUT2D eigenvalue weighted by atomic mass is 9.77. The number of pyridine rings is 1. The summed E-state index contributed by atoms with van der Waals surface area (Å²) in [6.45, 7) is 0.873. The minimum Gasteiger partial charge on any atom is -0.355 e. The number of rotatable bonds is 3. The molecule has 2 aromatic heterocycles. The molecule has 1 aliphatic carbocycles. The maximum atomic E-state index is 13.3. The average Bonchev–Trinajstić information content (AvgIpc) is 3.09. The molecular formula is C17H21ClF3N5O. The molecule has 1 saturated carbocycles. The molecule has 2 fully saturated rings. The summed E-state index contributed by atoms with van der Waals surface area (Å²) in [5.41, 5.74) is 4.99. The highest BCUT2D eigenvalue weighted by atomic mass is 35.5. The minimum atomic E-state index is -4.44. The maximum absolute atomic E-state index is 13.3. The molecule has 1 aliphatic heterocycles. The number of alkyl halides is 3. The van der Waals surface area contributed by atoms with Gasteiger partial charge in [0.1, 0.15) is 5.82 Å². The van der Waals surface area contributed by atoms with Crippen molar-refractivity contribution in [2.45, 2.75) is 49.7 Å². The third-order valence-corrected chi connectivity index (χ3v) is 5.30. The largest absolute Gasteiger partial charge is 0.419 e. The van der Waals surface area contributed by atoms with E-state index in [1.165, 1.54) is 12.3 Å². The maximum Gasteiger partial charge on any atom is 0.419 e. The third kappa shape index (κ3) is 3.75. The van der Waals surface area contributed by atoms with Crippen molar-refractivity contribution >= 4 is 18.2 Å². The van der Waals surface area contributed by atoms with Gasteiger partial charge in [0.25, 0.3) is 0 Å². The lowest BCUT2D eigenvalue weighted by molar-refractivity contribution is -0.137. The third-order valence-electron chi connectivity index (χ3n) is 5.30. The number of halogens is 4. The summed E-state index contributed by atoms with van der Waals surface area (Å²) in [7, 11) is 0. The quantitative estimate of drug-likeness (QED) is 0.842. The second kappa shape index (κ2) is 7.27. The van der Waals surface area contributed by atoms with Gasteiger partial charge in [-0.25, -0.2) is 4.98 Å². The van der Waals surface area contributed by atoms with Gasteiger partial charge >= 0.3 is 6.18 Å². The van der Waals surface area contributed by atoms with Crippen molar-refractivity contribution in [3.05, 3.63) is 35.6 Å². The summed E-state index contributed by atoms with van der Waals surface area (Å²) in [6.07, 6.45) is 1.14. The second-order valence-corrected chi connectivity index (χ2v) is 7.12. The normalized spacial score (nSPS) is 22.1. The number of nitrogens with zero attached hydrogens (tertiary/aromatic N) is 4. The molecule has 10 heteroatoms. The summed E-state index contributed by atoms with van der Waals surface area (Å²) >= 11 is 0. The van der Waals surface area contributed by atoms with Gasteiger partial charge in [-0.2, -0.15) is 18.2 Å². The Morgan fingerprint density at radius 3 is 2.70 bits per heavy atom. The van der Waals surface area contributed by atoms with E-state index in [4.69, 9.17) is 10.3 Å². The zero-order valence-electron chi connectivity index (χ0n) is 14.6. The van der Waals surface area contributed by atoms with Crippen LogP contribution in [-0.4, -0.2) is 28.2 Å². The Kier molecular flexibility index (Phi) is 5.36. The van der Waals surface area contributed by atoms with Gasteiger partial charge < -0.3 is 15.2 Å². The molecule has 2 aliphatic rings. The van der Waals surface area contributed by atoms with Gasteiger partial charge in [0.05, 0.1) is 17.0 Å². The number of anilines is 1. The number of aromatic nitrogens is 3. The van der Waals surface area contributed by atoms with Crippen LogP contribution in [-0.2, 0) is 11.7 Å². The van der Waals surface area contributed by atoms with Gasteiger partial charge in [-0.1, -0.05) is 5.16 Å². The number of hydrogen-bond donors (Lipinski definition) is 1. The molecule has 148 valence electrons. The van der Waals surface area contributed by atoms with Crippen molar-refractivity contribution in [3.63, 3.8) is 0 Å². The van der Waals surface area contributed by atoms with Crippen LogP contribution in [0.15, 0.2) is 22.9 Å². The van der Waals surface area contributed by atoms with Crippen LogP contribution in [0.2, 0.25) is 0 Å². The van der Waals surface area contributed by atoms with E-state index in [2.05, 4.69) is 15.1 Å². The fraction of sp³-hybridized carbons (Fsp3) is 0.588. The first-order chi connectivity index (χ1) is 12.4. The van der Waals surface area contributed by atoms with Crippen molar-refractivity contribution < 1.29 is 17.7 Å². The van der Waals surface area contributed by atoms with Gasteiger partial charge in [-0.15, -0.1) is 12.4 Å². The van der Waals surface area contributed by atoms with E-state index in [-0.39, 0.29) is 24.1 Å². The van der Waals surface area contributed by atoms with Crippen molar-refractivity contribution in [2.75, 3.05) is 18.0 Å². The zero-order valence-corrected chi connectivity index (χ0v) is 15.4. The number of nitrogens with two attached hydrogens (primary N) is 1. The van der Waals surface area contributed by atoms with Crippen LogP contribution < -0.4 is 10.6 Å². The van der Waals surface area contributed by atoms with Crippen LogP contribution in [0, 0.1) is 0 Å². The predicted octanol–water partition coefficient (Wildman–Crippen LogP) is 3.63. The van der Waals surface area contributed by atoms with Crippen LogP contribution in [0.1, 0.15) is 55.3 Å². The SMILES string of the molecule is Cl.NC1(c2noc(C3CCCN(c4ncccc4C(F)(F)F)C3)n2)CCC1. The molecular weight excluding hydrogens is 383 g/mol. The lowest BCUT2D eigenvalue weighted by Crippen LogP contribution is -2.44. The molecule has 0 bridgehead atoms. The topological polar surface area (TPSA) is 81.1 Å². The minimum absolute atomic E-state index is 0. The Hall–Kier alpha value is -1.87. The van der Waals surface area contributed by atoms with E-state index >= 15 is 0 Å². The fourth-order valence-electron chi connectivity index (χ4n) is 3.63. The smallest absolute Gasteiger partial charge is 0.355 e. The van der Waals surface area contributed by atoms with Crippen molar-refractivity contribution in [3.8, 4) is 0 Å². The van der Waals surface area contributed by atoms with E-state index in [0.717, 1.165) is 38.2 Å². The van der Waals surface area contributed by atoms with Crippen molar-refractivity contribution in [2.24, 2.45) is 5.73 Å². The Morgan fingerprint density at radius 2 is 2.04 bits per heavy atom. The van der Waals surface area contributed by atoms with Crippen LogP contribution in [0.4, 0.5) is 19.0 Å². The molecule has 0 aromatic carbocycles. The highest BCUT2D eigenvalue weighted by Gasteiger charge is 2.40. The molecule has 1 unspecified atom stereocenters. The Balaban J connectivity index is 0.00000210. The van der Waals surface area contributed by atoms with Gasteiger partial charge in [-0.3, -0.25) is 0 Å². The summed E-state index contributed by atoms with van der Waals surface area (Å²) in [6, 6.07) is 2.36. The average molecular weight is 404 g/mol. The molecule has 0 amide bonds. The van der Waals surface area contributed by atoms with Crippen molar-refractivity contribution in [1.82, 2.24) is 15.1 Å². The van der Waals surface area contributed by atoms with E-state index < -0.39 is 17.3 Å². The second-order valence-electron chi connectivity index (χ2n) is 7.12. The van der Waals surface area contributed by atoms with Gasteiger partial charge in [0.15, 0.2) is 5.82 Å². The van der Waals surface area contributed by atoms with Gasteiger partial charge in [0, 0.05) is 19.3 Å². The van der Waals surface area contributed by atoms with E-state index in [0.29, 0.717) is 24.8 Å². The van der Waals surface area contributed by atoms with Crippen LogP contribution in [0.5, 0.6) is 0 Å².